The highest BCUT2D eigenvalue weighted by atomic mass is 31.2. The van der Waals surface area contributed by atoms with Gasteiger partial charge in [-0.15, -0.1) is 0 Å². The smallest absolute Gasteiger partial charge is 0.325 e. The van der Waals surface area contributed by atoms with E-state index in [-0.39, 0.29) is 12.1 Å². The number of carboxylic acids is 1. The number of hydrogen-bond donors (Lipinski definition) is 4. The summed E-state index contributed by atoms with van der Waals surface area (Å²) in [6.45, 7) is 0.363. The Kier molecular flexibility index (Phi) is 3.08. The van der Waals surface area contributed by atoms with E-state index in [1.807, 2.05) is 0 Å². The first-order valence-electron chi connectivity index (χ1n) is 3.89. The average molecular weight is 209 g/mol. The van der Waals surface area contributed by atoms with Crippen LogP contribution in [0, 0.1) is 5.92 Å². The summed E-state index contributed by atoms with van der Waals surface area (Å²) >= 11 is 0. The van der Waals surface area contributed by atoms with Crippen LogP contribution in [0.25, 0.3) is 0 Å². The van der Waals surface area contributed by atoms with E-state index in [1.54, 1.807) is 0 Å². The van der Waals surface area contributed by atoms with Gasteiger partial charge < -0.3 is 20.2 Å². The molecule has 0 aliphatic carbocycles. The zero-order valence-electron chi connectivity index (χ0n) is 6.88. The van der Waals surface area contributed by atoms with E-state index in [9.17, 15) is 9.36 Å². The van der Waals surface area contributed by atoms with Gasteiger partial charge in [-0.05, 0) is 18.9 Å². The Labute approximate surface area is 75.1 Å². The predicted molar refractivity (Wildman–Crippen MR) is 44.4 cm³/mol. The second kappa shape index (κ2) is 3.75. The molecule has 7 heteroatoms. The molecule has 0 spiro atoms. The highest BCUT2D eigenvalue weighted by molar-refractivity contribution is 7.51. The molecule has 0 aromatic carbocycles. The van der Waals surface area contributed by atoms with Crippen LogP contribution in [-0.4, -0.2) is 39.6 Å². The molecule has 1 aliphatic rings. The summed E-state index contributed by atoms with van der Waals surface area (Å²) in [6.07, 6.45) is 0.0597. The zero-order chi connectivity index (χ0) is 10.1. The van der Waals surface area contributed by atoms with E-state index in [2.05, 4.69) is 5.32 Å². The quantitative estimate of drug-likeness (QED) is 0.454. The second-order valence-corrected chi connectivity index (χ2v) is 4.94. The maximum Gasteiger partial charge on any atom is 0.325 e. The lowest BCUT2D eigenvalue weighted by molar-refractivity contribution is -0.139. The lowest BCUT2D eigenvalue weighted by Gasteiger charge is -2.08. The molecule has 6 nitrogen and oxygen atoms in total. The molecule has 1 fully saturated rings. The third-order valence-corrected chi connectivity index (χ3v) is 3.01. The normalized spacial score (nSPS) is 29.1. The second-order valence-electron chi connectivity index (χ2n) is 3.25. The molecule has 1 aliphatic heterocycles. The van der Waals surface area contributed by atoms with E-state index in [0.29, 0.717) is 13.0 Å². The minimum Gasteiger partial charge on any atom is -0.480 e. The topological polar surface area (TPSA) is 107 Å². The van der Waals surface area contributed by atoms with Crippen molar-refractivity contribution < 1.29 is 24.3 Å². The fraction of sp³-hybridized carbons (Fsp3) is 0.833. The van der Waals surface area contributed by atoms with Crippen molar-refractivity contribution in [2.24, 2.45) is 5.92 Å². The van der Waals surface area contributed by atoms with Gasteiger partial charge in [0, 0.05) is 0 Å². The molecule has 0 radical (unpaired) electrons. The van der Waals surface area contributed by atoms with Crippen LogP contribution in [0.1, 0.15) is 6.42 Å². The minimum atomic E-state index is -4.00. The molecule has 0 saturated carbocycles. The van der Waals surface area contributed by atoms with Gasteiger partial charge in [-0.1, -0.05) is 0 Å². The molecule has 1 saturated heterocycles. The lowest BCUT2D eigenvalue weighted by Crippen LogP contribution is -2.29. The van der Waals surface area contributed by atoms with E-state index < -0.39 is 19.6 Å². The van der Waals surface area contributed by atoms with Crippen molar-refractivity contribution in [3.63, 3.8) is 0 Å². The van der Waals surface area contributed by atoms with Crippen molar-refractivity contribution in [2.45, 2.75) is 12.5 Å². The summed E-state index contributed by atoms with van der Waals surface area (Å²) in [5.41, 5.74) is 0. The first-order valence-corrected chi connectivity index (χ1v) is 5.69. The Hall–Kier alpha value is -0.420. The Balaban J connectivity index is 2.42. The SMILES string of the molecule is O=C(O)[C@@H]1CC(CP(=O)(O)O)CN1. The zero-order valence-corrected chi connectivity index (χ0v) is 7.78. The molecule has 0 aromatic heterocycles. The van der Waals surface area contributed by atoms with Crippen LogP contribution in [0.3, 0.4) is 0 Å². The summed E-state index contributed by atoms with van der Waals surface area (Å²) in [4.78, 5) is 27.7. The van der Waals surface area contributed by atoms with Crippen LogP contribution >= 0.6 is 7.60 Å². The van der Waals surface area contributed by atoms with Crippen LogP contribution in [0.4, 0.5) is 0 Å². The van der Waals surface area contributed by atoms with Crippen molar-refractivity contribution in [3.8, 4) is 0 Å². The van der Waals surface area contributed by atoms with Crippen molar-refractivity contribution in [1.29, 1.82) is 0 Å². The number of hydrogen-bond acceptors (Lipinski definition) is 3. The molecule has 4 N–H and O–H groups in total. The van der Waals surface area contributed by atoms with Crippen molar-refractivity contribution >= 4 is 13.6 Å². The largest absolute Gasteiger partial charge is 0.480 e. The van der Waals surface area contributed by atoms with Gasteiger partial charge in [-0.2, -0.15) is 0 Å². The van der Waals surface area contributed by atoms with Gasteiger partial charge in [0.2, 0.25) is 0 Å². The van der Waals surface area contributed by atoms with Gasteiger partial charge in [0.15, 0.2) is 0 Å². The lowest BCUT2D eigenvalue weighted by atomic mass is 10.1. The molecular weight excluding hydrogens is 197 g/mol. The molecule has 0 aromatic rings. The van der Waals surface area contributed by atoms with Gasteiger partial charge in [-0.25, -0.2) is 0 Å². The third-order valence-electron chi connectivity index (χ3n) is 2.02. The molecule has 1 rings (SSSR count). The number of carbonyl (C=O) groups is 1. The van der Waals surface area contributed by atoms with Crippen LogP contribution in [0.15, 0.2) is 0 Å². The summed E-state index contributed by atoms with van der Waals surface area (Å²) in [6, 6.07) is -0.656. The summed E-state index contributed by atoms with van der Waals surface area (Å²) in [5.74, 6) is -1.20. The van der Waals surface area contributed by atoms with Gasteiger partial charge in [-0.3, -0.25) is 9.36 Å². The van der Waals surface area contributed by atoms with Gasteiger partial charge in [0.05, 0.1) is 6.16 Å². The Morgan fingerprint density at radius 3 is 2.54 bits per heavy atom. The van der Waals surface area contributed by atoms with E-state index in [1.165, 1.54) is 0 Å². The monoisotopic (exact) mass is 209 g/mol. The molecule has 13 heavy (non-hydrogen) atoms. The predicted octanol–water partition coefficient (Wildman–Crippen LogP) is -0.773. The maximum absolute atomic E-state index is 10.6. The fourth-order valence-corrected chi connectivity index (χ4v) is 2.42. The highest BCUT2D eigenvalue weighted by Crippen LogP contribution is 2.38. The Morgan fingerprint density at radius 2 is 2.15 bits per heavy atom. The summed E-state index contributed by atoms with van der Waals surface area (Å²) in [7, 11) is -4.00. The number of nitrogens with one attached hydrogen (secondary N) is 1. The first-order chi connectivity index (χ1) is 5.88. The van der Waals surface area contributed by atoms with Crippen LogP contribution < -0.4 is 5.32 Å². The van der Waals surface area contributed by atoms with Crippen molar-refractivity contribution in [3.05, 3.63) is 0 Å². The van der Waals surface area contributed by atoms with Gasteiger partial charge in [0.25, 0.3) is 0 Å². The van der Waals surface area contributed by atoms with Crippen LogP contribution in [0.2, 0.25) is 0 Å². The molecule has 1 unspecified atom stereocenters. The molecule has 0 amide bonds. The van der Waals surface area contributed by atoms with Crippen molar-refractivity contribution in [2.75, 3.05) is 12.7 Å². The molecule has 2 atom stereocenters. The Bertz CT molecular complexity index is 249. The standard InChI is InChI=1S/C6H12NO5P/c8-6(9)5-1-4(2-7-5)3-13(10,11)12/h4-5,7H,1-3H2,(H,8,9)(H2,10,11,12)/t4?,5-/m0/s1. The molecular formula is C6H12NO5P. The number of rotatable bonds is 3. The fourth-order valence-electron chi connectivity index (χ4n) is 1.47. The van der Waals surface area contributed by atoms with Crippen molar-refractivity contribution in [1.82, 2.24) is 5.32 Å². The average Bonchev–Trinajstić information content (AvgIpc) is 2.31. The van der Waals surface area contributed by atoms with Crippen LogP contribution in [0.5, 0.6) is 0 Å². The molecule has 1 heterocycles. The molecule has 0 bridgehead atoms. The maximum atomic E-state index is 10.6. The third kappa shape index (κ3) is 3.44. The number of carboxylic acid groups (broad SMARTS) is 1. The Morgan fingerprint density at radius 1 is 1.54 bits per heavy atom. The van der Waals surface area contributed by atoms with Gasteiger partial charge in [0.1, 0.15) is 6.04 Å². The highest BCUT2D eigenvalue weighted by Gasteiger charge is 2.32. The van der Waals surface area contributed by atoms with E-state index in [4.69, 9.17) is 14.9 Å². The van der Waals surface area contributed by atoms with Gasteiger partial charge >= 0.3 is 13.6 Å². The van der Waals surface area contributed by atoms with E-state index >= 15 is 0 Å². The first kappa shape index (κ1) is 10.7. The number of aliphatic carboxylic acids is 1. The molecule has 76 valence electrons. The summed E-state index contributed by atoms with van der Waals surface area (Å²) < 4.78 is 10.6. The summed E-state index contributed by atoms with van der Waals surface area (Å²) in [5, 5.41) is 11.3. The van der Waals surface area contributed by atoms with Crippen LogP contribution in [-0.2, 0) is 9.36 Å². The van der Waals surface area contributed by atoms with E-state index in [0.717, 1.165) is 0 Å². The minimum absolute atomic E-state index is 0.232.